The molecule has 124 valence electrons. The Balaban J connectivity index is 1.66. The quantitative estimate of drug-likeness (QED) is 0.842. The molecule has 1 fully saturated rings. The van der Waals surface area contributed by atoms with Crippen LogP contribution >= 0.6 is 0 Å². The van der Waals surface area contributed by atoms with Gasteiger partial charge in [0.2, 0.25) is 5.91 Å². The molecular formula is C17H18N4O3. The highest BCUT2D eigenvalue weighted by Crippen LogP contribution is 2.18. The molecule has 1 aromatic heterocycles. The van der Waals surface area contributed by atoms with Crippen molar-refractivity contribution in [1.82, 2.24) is 14.9 Å². The zero-order valence-electron chi connectivity index (χ0n) is 13.1. The molecule has 1 aliphatic rings. The van der Waals surface area contributed by atoms with E-state index in [-0.39, 0.29) is 11.6 Å². The average Bonchev–Trinajstić information content (AvgIpc) is 2.99. The van der Waals surface area contributed by atoms with Crippen LogP contribution in [0.1, 0.15) is 34.5 Å². The summed E-state index contributed by atoms with van der Waals surface area (Å²) in [6, 6.07) is 7.93. The van der Waals surface area contributed by atoms with E-state index < -0.39 is 5.97 Å². The topological polar surface area (TPSA) is 95.4 Å². The van der Waals surface area contributed by atoms with Gasteiger partial charge in [-0.25, -0.2) is 14.8 Å². The lowest BCUT2D eigenvalue weighted by atomic mass is 10.1. The lowest BCUT2D eigenvalue weighted by Gasteiger charge is -2.18. The van der Waals surface area contributed by atoms with Crippen LogP contribution in [0, 0.1) is 0 Å². The van der Waals surface area contributed by atoms with Gasteiger partial charge in [-0.2, -0.15) is 0 Å². The second-order valence-corrected chi connectivity index (χ2v) is 5.63. The van der Waals surface area contributed by atoms with Crippen LogP contribution in [-0.4, -0.2) is 38.4 Å². The Kier molecular flexibility index (Phi) is 4.69. The summed E-state index contributed by atoms with van der Waals surface area (Å²) in [5, 5.41) is 12.0. The SMILES string of the molecule is O=C(O)c1cnc(NCc2ccccc2CN2CCCC2=O)cn1. The molecule has 0 saturated carbocycles. The lowest BCUT2D eigenvalue weighted by molar-refractivity contribution is -0.128. The summed E-state index contributed by atoms with van der Waals surface area (Å²) in [6.07, 6.45) is 4.17. The van der Waals surface area contributed by atoms with Crippen LogP contribution in [0.25, 0.3) is 0 Å². The molecule has 0 unspecified atom stereocenters. The highest BCUT2D eigenvalue weighted by atomic mass is 16.4. The second-order valence-electron chi connectivity index (χ2n) is 5.63. The zero-order chi connectivity index (χ0) is 16.9. The van der Waals surface area contributed by atoms with E-state index in [9.17, 15) is 9.59 Å². The monoisotopic (exact) mass is 326 g/mol. The molecule has 7 heteroatoms. The molecule has 7 nitrogen and oxygen atoms in total. The number of nitrogens with one attached hydrogen (secondary N) is 1. The van der Waals surface area contributed by atoms with E-state index in [1.54, 1.807) is 0 Å². The summed E-state index contributed by atoms with van der Waals surface area (Å²) in [7, 11) is 0. The highest BCUT2D eigenvalue weighted by molar-refractivity contribution is 5.84. The minimum absolute atomic E-state index is 0.0894. The molecule has 1 aliphatic heterocycles. The molecule has 2 N–H and O–H groups in total. The fraction of sp³-hybridized carbons (Fsp3) is 0.294. The fourth-order valence-electron chi connectivity index (χ4n) is 2.68. The van der Waals surface area contributed by atoms with Gasteiger partial charge in [-0.15, -0.1) is 0 Å². The zero-order valence-corrected chi connectivity index (χ0v) is 13.1. The van der Waals surface area contributed by atoms with Crippen LogP contribution < -0.4 is 5.32 Å². The average molecular weight is 326 g/mol. The van der Waals surface area contributed by atoms with Crippen LogP contribution in [0.5, 0.6) is 0 Å². The number of carbonyl (C=O) groups is 2. The van der Waals surface area contributed by atoms with Crippen molar-refractivity contribution in [2.45, 2.75) is 25.9 Å². The van der Waals surface area contributed by atoms with Crippen LogP contribution in [0.15, 0.2) is 36.7 Å². The number of anilines is 1. The predicted octanol–water partition coefficient (Wildman–Crippen LogP) is 1.91. The third-order valence-corrected chi connectivity index (χ3v) is 3.98. The minimum atomic E-state index is -1.10. The molecule has 1 amide bonds. The third kappa shape index (κ3) is 3.68. The minimum Gasteiger partial charge on any atom is -0.476 e. The van der Waals surface area contributed by atoms with Gasteiger partial charge in [-0.05, 0) is 17.5 Å². The first-order valence-corrected chi connectivity index (χ1v) is 7.77. The van der Waals surface area contributed by atoms with Gasteiger partial charge in [-0.3, -0.25) is 4.79 Å². The summed E-state index contributed by atoms with van der Waals surface area (Å²) < 4.78 is 0. The second kappa shape index (κ2) is 7.08. The van der Waals surface area contributed by atoms with Gasteiger partial charge in [0, 0.05) is 26.1 Å². The number of hydrogen-bond donors (Lipinski definition) is 2. The van der Waals surface area contributed by atoms with E-state index in [1.165, 1.54) is 12.4 Å². The number of aromatic nitrogens is 2. The number of nitrogens with zero attached hydrogens (tertiary/aromatic N) is 3. The number of carboxylic acids is 1. The number of likely N-dealkylation sites (tertiary alicyclic amines) is 1. The van der Waals surface area contributed by atoms with Crippen LogP contribution in [-0.2, 0) is 17.9 Å². The maximum atomic E-state index is 11.8. The van der Waals surface area contributed by atoms with Gasteiger partial charge < -0.3 is 15.3 Å². The molecule has 2 aromatic rings. The Morgan fingerprint density at radius 2 is 2.00 bits per heavy atom. The van der Waals surface area contributed by atoms with Crippen molar-refractivity contribution in [2.24, 2.45) is 0 Å². The maximum Gasteiger partial charge on any atom is 0.356 e. The molecule has 1 saturated heterocycles. The van der Waals surface area contributed by atoms with E-state index in [0.29, 0.717) is 25.3 Å². The Hall–Kier alpha value is -2.96. The molecule has 24 heavy (non-hydrogen) atoms. The molecular weight excluding hydrogens is 308 g/mol. The largest absolute Gasteiger partial charge is 0.476 e. The van der Waals surface area contributed by atoms with Gasteiger partial charge in [0.1, 0.15) is 5.82 Å². The first kappa shape index (κ1) is 15.9. The van der Waals surface area contributed by atoms with Crippen molar-refractivity contribution in [3.05, 3.63) is 53.5 Å². The first-order valence-electron chi connectivity index (χ1n) is 7.77. The summed E-state index contributed by atoms with van der Waals surface area (Å²) in [5.74, 6) is -0.394. The molecule has 0 bridgehead atoms. The Morgan fingerprint density at radius 3 is 2.62 bits per heavy atom. The van der Waals surface area contributed by atoms with Crippen molar-refractivity contribution in [1.29, 1.82) is 0 Å². The summed E-state index contributed by atoms with van der Waals surface area (Å²) >= 11 is 0. The van der Waals surface area contributed by atoms with Gasteiger partial charge in [-0.1, -0.05) is 24.3 Å². The fourth-order valence-corrected chi connectivity index (χ4v) is 2.68. The Bertz CT molecular complexity index is 746. The third-order valence-electron chi connectivity index (χ3n) is 3.98. The highest BCUT2D eigenvalue weighted by Gasteiger charge is 2.20. The molecule has 0 spiro atoms. The number of benzene rings is 1. The van der Waals surface area contributed by atoms with Gasteiger partial charge >= 0.3 is 5.97 Å². The van der Waals surface area contributed by atoms with Crippen molar-refractivity contribution < 1.29 is 14.7 Å². The van der Waals surface area contributed by atoms with Crippen LogP contribution in [0.3, 0.4) is 0 Å². The van der Waals surface area contributed by atoms with E-state index in [2.05, 4.69) is 15.3 Å². The molecule has 1 aromatic carbocycles. The number of carbonyl (C=O) groups excluding carboxylic acids is 1. The Labute approximate surface area is 139 Å². The number of hydrogen-bond acceptors (Lipinski definition) is 5. The standard InChI is InChI=1S/C17H18N4O3/c22-16-6-3-7-21(16)11-13-5-2-1-4-12(13)8-19-15-10-18-14(9-20-15)17(23)24/h1-2,4-5,9-10H,3,6-8,11H2,(H,19,20)(H,23,24). The summed E-state index contributed by atoms with van der Waals surface area (Å²) in [4.78, 5) is 32.3. The van der Waals surface area contributed by atoms with Gasteiger partial charge in [0.15, 0.2) is 5.69 Å². The first-order chi connectivity index (χ1) is 11.6. The van der Waals surface area contributed by atoms with E-state index in [4.69, 9.17) is 5.11 Å². The van der Waals surface area contributed by atoms with Crippen LogP contribution in [0.4, 0.5) is 5.82 Å². The summed E-state index contributed by atoms with van der Waals surface area (Å²) in [5.41, 5.74) is 2.07. The van der Waals surface area contributed by atoms with Crippen LogP contribution in [0.2, 0.25) is 0 Å². The van der Waals surface area contributed by atoms with Crippen molar-refractivity contribution in [2.75, 3.05) is 11.9 Å². The van der Waals surface area contributed by atoms with Crippen molar-refractivity contribution in [3.63, 3.8) is 0 Å². The molecule has 0 atom stereocenters. The number of rotatable bonds is 6. The van der Waals surface area contributed by atoms with E-state index >= 15 is 0 Å². The molecule has 3 rings (SSSR count). The maximum absolute atomic E-state index is 11.8. The number of carboxylic acid groups (broad SMARTS) is 1. The molecule has 0 aliphatic carbocycles. The Morgan fingerprint density at radius 1 is 1.21 bits per heavy atom. The van der Waals surface area contributed by atoms with Crippen molar-refractivity contribution >= 4 is 17.7 Å². The summed E-state index contributed by atoms with van der Waals surface area (Å²) in [6.45, 7) is 1.95. The van der Waals surface area contributed by atoms with Gasteiger partial charge in [0.25, 0.3) is 0 Å². The predicted molar refractivity (Wildman–Crippen MR) is 87.4 cm³/mol. The van der Waals surface area contributed by atoms with E-state index in [1.807, 2.05) is 29.2 Å². The number of aromatic carboxylic acids is 1. The number of amides is 1. The van der Waals surface area contributed by atoms with E-state index in [0.717, 1.165) is 24.1 Å². The molecule has 2 heterocycles. The smallest absolute Gasteiger partial charge is 0.356 e. The normalized spacial score (nSPS) is 14.0. The van der Waals surface area contributed by atoms with Gasteiger partial charge in [0.05, 0.1) is 12.4 Å². The molecule has 0 radical (unpaired) electrons. The van der Waals surface area contributed by atoms with Crippen molar-refractivity contribution in [3.8, 4) is 0 Å². The lowest BCUT2D eigenvalue weighted by Crippen LogP contribution is -2.24.